The van der Waals surface area contributed by atoms with Crippen molar-refractivity contribution >= 4 is 17.2 Å². The number of aromatic nitrogens is 2. The molecule has 0 bridgehead atoms. The minimum Gasteiger partial charge on any atom is -0.337 e. The molecule has 6 heteroatoms. The fourth-order valence-corrected chi connectivity index (χ4v) is 3.62. The zero-order valence-electron chi connectivity index (χ0n) is 13.3. The van der Waals surface area contributed by atoms with Crippen molar-refractivity contribution in [3.8, 4) is 11.5 Å². The van der Waals surface area contributed by atoms with Gasteiger partial charge in [-0.05, 0) is 30.5 Å². The van der Waals surface area contributed by atoms with Crippen LogP contribution in [0.1, 0.15) is 28.6 Å². The van der Waals surface area contributed by atoms with E-state index in [0.717, 1.165) is 5.56 Å². The van der Waals surface area contributed by atoms with Gasteiger partial charge in [0.2, 0.25) is 5.91 Å². The van der Waals surface area contributed by atoms with Crippen molar-refractivity contribution in [1.29, 1.82) is 0 Å². The third-order valence-corrected chi connectivity index (χ3v) is 5.11. The Morgan fingerprint density at radius 3 is 2.88 bits per heavy atom. The fraction of sp³-hybridized carbons (Fsp3) is 0.278. The normalized spacial score (nSPS) is 17.6. The van der Waals surface area contributed by atoms with Gasteiger partial charge in [0.15, 0.2) is 5.82 Å². The predicted molar refractivity (Wildman–Crippen MR) is 91.6 cm³/mol. The lowest BCUT2D eigenvalue weighted by Gasteiger charge is -2.14. The van der Waals surface area contributed by atoms with E-state index in [0.29, 0.717) is 31.2 Å². The molecular weight excluding hydrogens is 322 g/mol. The Balaban J connectivity index is 1.49. The number of aryl methyl sites for hydroxylation is 1. The molecule has 1 fully saturated rings. The van der Waals surface area contributed by atoms with Crippen LogP contribution in [0, 0.1) is 6.92 Å². The fourth-order valence-electron chi connectivity index (χ4n) is 2.90. The molecule has 1 atom stereocenters. The summed E-state index contributed by atoms with van der Waals surface area (Å²) in [4.78, 5) is 19.8. The van der Waals surface area contributed by atoms with E-state index in [1.807, 2.05) is 47.5 Å². The highest BCUT2D eigenvalue weighted by molar-refractivity contribution is 7.09. The SMILES string of the molecule is Cc1ccc(-c2nc([C@H]3CC(=O)N(Cc4cccs4)C3)no2)cc1. The Labute approximate surface area is 143 Å². The van der Waals surface area contributed by atoms with Crippen LogP contribution >= 0.6 is 11.3 Å². The Hall–Kier alpha value is -2.47. The number of carbonyl (C=O) groups is 1. The molecule has 0 aliphatic carbocycles. The van der Waals surface area contributed by atoms with E-state index in [1.165, 1.54) is 10.4 Å². The molecule has 1 amide bonds. The minimum absolute atomic E-state index is 0.000380. The van der Waals surface area contributed by atoms with E-state index in [9.17, 15) is 4.79 Å². The second-order valence-corrected chi connectivity index (χ2v) is 7.11. The Bertz CT molecular complexity index is 840. The first-order valence-corrected chi connectivity index (χ1v) is 8.78. The van der Waals surface area contributed by atoms with Gasteiger partial charge in [-0.25, -0.2) is 0 Å². The number of benzene rings is 1. The molecule has 1 aromatic carbocycles. The molecule has 0 N–H and O–H groups in total. The smallest absolute Gasteiger partial charge is 0.257 e. The van der Waals surface area contributed by atoms with Crippen molar-refractivity contribution in [2.45, 2.75) is 25.8 Å². The van der Waals surface area contributed by atoms with Crippen LogP contribution in [-0.4, -0.2) is 27.5 Å². The van der Waals surface area contributed by atoms with Crippen molar-refractivity contribution in [3.05, 3.63) is 58.0 Å². The number of carbonyl (C=O) groups excluding carboxylic acids is 1. The molecule has 4 rings (SSSR count). The van der Waals surface area contributed by atoms with Gasteiger partial charge in [-0.1, -0.05) is 28.9 Å². The summed E-state index contributed by atoms with van der Waals surface area (Å²) in [5.74, 6) is 1.28. The van der Waals surface area contributed by atoms with Gasteiger partial charge in [-0.2, -0.15) is 4.98 Å². The Morgan fingerprint density at radius 1 is 1.29 bits per heavy atom. The van der Waals surface area contributed by atoms with Gasteiger partial charge in [0, 0.05) is 29.3 Å². The van der Waals surface area contributed by atoms with E-state index in [2.05, 4.69) is 16.2 Å². The largest absolute Gasteiger partial charge is 0.337 e. The van der Waals surface area contributed by atoms with Gasteiger partial charge >= 0.3 is 0 Å². The van der Waals surface area contributed by atoms with E-state index < -0.39 is 0 Å². The molecule has 0 saturated carbocycles. The van der Waals surface area contributed by atoms with Crippen LogP contribution < -0.4 is 0 Å². The highest BCUT2D eigenvalue weighted by Gasteiger charge is 2.33. The van der Waals surface area contributed by atoms with Crippen LogP contribution in [0.15, 0.2) is 46.3 Å². The number of rotatable bonds is 4. The van der Waals surface area contributed by atoms with Crippen molar-refractivity contribution in [3.63, 3.8) is 0 Å². The minimum atomic E-state index is 0.000380. The lowest BCUT2D eigenvalue weighted by molar-refractivity contribution is -0.128. The summed E-state index contributed by atoms with van der Waals surface area (Å²) in [7, 11) is 0. The zero-order chi connectivity index (χ0) is 16.5. The van der Waals surface area contributed by atoms with Gasteiger partial charge < -0.3 is 9.42 Å². The molecule has 0 unspecified atom stereocenters. The maximum absolute atomic E-state index is 12.2. The van der Waals surface area contributed by atoms with Crippen LogP contribution in [0.2, 0.25) is 0 Å². The first-order chi connectivity index (χ1) is 11.7. The van der Waals surface area contributed by atoms with E-state index in [1.54, 1.807) is 11.3 Å². The summed E-state index contributed by atoms with van der Waals surface area (Å²) in [6.07, 6.45) is 0.443. The van der Waals surface area contributed by atoms with E-state index >= 15 is 0 Å². The average Bonchev–Trinajstić information content (AvgIpc) is 3.31. The highest BCUT2D eigenvalue weighted by atomic mass is 32.1. The first kappa shape index (κ1) is 15.1. The summed E-state index contributed by atoms with van der Waals surface area (Å²) in [5.41, 5.74) is 2.09. The number of thiophene rings is 1. The Morgan fingerprint density at radius 2 is 2.12 bits per heavy atom. The molecule has 0 spiro atoms. The van der Waals surface area contributed by atoms with Crippen LogP contribution in [0.4, 0.5) is 0 Å². The predicted octanol–water partition coefficient (Wildman–Crippen LogP) is 3.62. The van der Waals surface area contributed by atoms with Crippen LogP contribution in [0.3, 0.4) is 0 Å². The molecule has 122 valence electrons. The first-order valence-electron chi connectivity index (χ1n) is 7.90. The summed E-state index contributed by atoms with van der Waals surface area (Å²) < 4.78 is 5.39. The third-order valence-electron chi connectivity index (χ3n) is 4.25. The maximum Gasteiger partial charge on any atom is 0.257 e. The summed E-state index contributed by atoms with van der Waals surface area (Å²) in [6.45, 7) is 3.34. The van der Waals surface area contributed by atoms with Gasteiger partial charge in [0.25, 0.3) is 5.89 Å². The topological polar surface area (TPSA) is 59.2 Å². The number of hydrogen-bond donors (Lipinski definition) is 0. The standard InChI is InChI=1S/C18H17N3O2S/c1-12-4-6-13(7-5-12)18-19-17(20-23-18)14-9-16(22)21(10-14)11-15-3-2-8-24-15/h2-8,14H,9-11H2,1H3/t14-/m0/s1. The zero-order valence-corrected chi connectivity index (χ0v) is 14.1. The molecule has 3 aromatic rings. The number of likely N-dealkylation sites (tertiary alicyclic amines) is 1. The molecular formula is C18H17N3O2S. The van der Waals surface area contributed by atoms with Gasteiger partial charge in [0.05, 0.1) is 6.54 Å². The second kappa shape index (κ2) is 6.20. The average molecular weight is 339 g/mol. The van der Waals surface area contributed by atoms with Crippen molar-refractivity contribution in [1.82, 2.24) is 15.0 Å². The van der Waals surface area contributed by atoms with Crippen LogP contribution in [0.25, 0.3) is 11.5 Å². The summed E-state index contributed by atoms with van der Waals surface area (Å²) in [5, 5.41) is 6.13. The molecule has 1 aliphatic rings. The monoisotopic (exact) mass is 339 g/mol. The summed E-state index contributed by atoms with van der Waals surface area (Å²) in [6, 6.07) is 12.0. The van der Waals surface area contributed by atoms with Crippen molar-refractivity contribution < 1.29 is 9.32 Å². The number of amides is 1. The second-order valence-electron chi connectivity index (χ2n) is 6.08. The van der Waals surface area contributed by atoms with Crippen LogP contribution in [0.5, 0.6) is 0 Å². The lowest BCUT2D eigenvalue weighted by atomic mass is 10.1. The molecule has 1 aliphatic heterocycles. The van der Waals surface area contributed by atoms with Crippen LogP contribution in [-0.2, 0) is 11.3 Å². The number of hydrogen-bond acceptors (Lipinski definition) is 5. The van der Waals surface area contributed by atoms with E-state index in [4.69, 9.17) is 4.52 Å². The lowest BCUT2D eigenvalue weighted by Crippen LogP contribution is -2.23. The molecule has 5 nitrogen and oxygen atoms in total. The quantitative estimate of drug-likeness (QED) is 0.728. The molecule has 1 saturated heterocycles. The van der Waals surface area contributed by atoms with Crippen molar-refractivity contribution in [2.75, 3.05) is 6.54 Å². The number of nitrogens with zero attached hydrogens (tertiary/aromatic N) is 3. The van der Waals surface area contributed by atoms with Gasteiger partial charge in [0.1, 0.15) is 0 Å². The van der Waals surface area contributed by atoms with Crippen molar-refractivity contribution in [2.24, 2.45) is 0 Å². The molecule has 3 heterocycles. The highest BCUT2D eigenvalue weighted by Crippen LogP contribution is 2.29. The third kappa shape index (κ3) is 2.97. The van der Waals surface area contributed by atoms with E-state index in [-0.39, 0.29) is 11.8 Å². The van der Waals surface area contributed by atoms with Gasteiger partial charge in [-0.3, -0.25) is 4.79 Å². The molecule has 2 aromatic heterocycles. The summed E-state index contributed by atoms with van der Waals surface area (Å²) >= 11 is 1.67. The maximum atomic E-state index is 12.2. The molecule has 0 radical (unpaired) electrons. The Kier molecular flexibility index (Phi) is 3.90. The van der Waals surface area contributed by atoms with Gasteiger partial charge in [-0.15, -0.1) is 11.3 Å². The molecule has 24 heavy (non-hydrogen) atoms.